The molecule has 0 spiro atoms. The minimum Gasteiger partial charge on any atom is -0.306 e. The summed E-state index contributed by atoms with van der Waals surface area (Å²) in [7, 11) is 0. The highest BCUT2D eigenvalue weighted by atomic mass is 16.1. The topological polar surface area (TPSA) is 74.8 Å². The molecule has 1 aromatic carbocycles. The lowest BCUT2D eigenvalue weighted by Crippen LogP contribution is -2.35. The van der Waals surface area contributed by atoms with Crippen LogP contribution < -0.4 is 5.56 Å². The van der Waals surface area contributed by atoms with Gasteiger partial charge in [0.1, 0.15) is 5.82 Å². The van der Waals surface area contributed by atoms with Crippen molar-refractivity contribution in [3.05, 3.63) is 99.4 Å². The summed E-state index contributed by atoms with van der Waals surface area (Å²) in [5.74, 6) is 0.607. The van der Waals surface area contributed by atoms with E-state index in [0.29, 0.717) is 12.4 Å². The molecule has 6 nitrogen and oxygen atoms in total. The Labute approximate surface area is 187 Å². The monoisotopic (exact) mass is 423 g/mol. The van der Waals surface area contributed by atoms with Gasteiger partial charge in [0.05, 0.1) is 17.0 Å². The van der Waals surface area contributed by atoms with E-state index in [1.54, 1.807) is 12.4 Å². The van der Waals surface area contributed by atoms with Crippen LogP contribution in [0.25, 0.3) is 22.6 Å². The highest BCUT2D eigenvalue weighted by molar-refractivity contribution is 5.64. The Morgan fingerprint density at radius 2 is 1.91 bits per heavy atom. The Morgan fingerprint density at radius 3 is 2.69 bits per heavy atom. The van der Waals surface area contributed by atoms with Crippen LogP contribution in [-0.2, 0) is 19.5 Å². The number of nitrogens with one attached hydrogen (secondary N) is 1. The van der Waals surface area contributed by atoms with Gasteiger partial charge in [-0.1, -0.05) is 24.3 Å². The first-order chi connectivity index (χ1) is 15.6. The zero-order valence-corrected chi connectivity index (χ0v) is 18.3. The van der Waals surface area contributed by atoms with Gasteiger partial charge >= 0.3 is 0 Å². The number of fused-ring (bicyclic) bond motifs is 1. The molecule has 0 amide bonds. The van der Waals surface area contributed by atoms with E-state index in [1.807, 2.05) is 18.3 Å². The minimum absolute atomic E-state index is 0.0603. The fourth-order valence-electron chi connectivity index (χ4n) is 4.23. The van der Waals surface area contributed by atoms with Crippen molar-refractivity contribution in [3.8, 4) is 22.6 Å². The average Bonchev–Trinajstić information content (AvgIpc) is 2.82. The Hall–Kier alpha value is -3.64. The van der Waals surface area contributed by atoms with Gasteiger partial charge in [0.2, 0.25) is 0 Å². The van der Waals surface area contributed by atoms with Gasteiger partial charge in [0, 0.05) is 55.8 Å². The first kappa shape index (κ1) is 20.3. The maximum atomic E-state index is 12.8. The average molecular weight is 424 g/mol. The number of aromatic nitrogens is 4. The standard InChI is InChI=1S/C26H25N5O/c1-17-4-3-5-21(18(17)2)23-7-6-19(14-28-23)15-31-13-10-24-22(16-31)26(32)30-25(29-24)20-8-11-27-12-9-20/h3-9,11-12,14H,10,13,15-16H2,1-2H3,(H,29,30,32). The van der Waals surface area contributed by atoms with E-state index in [4.69, 9.17) is 9.97 Å². The molecule has 0 saturated heterocycles. The maximum Gasteiger partial charge on any atom is 0.255 e. The van der Waals surface area contributed by atoms with Crippen molar-refractivity contribution in [1.29, 1.82) is 0 Å². The van der Waals surface area contributed by atoms with Crippen molar-refractivity contribution in [2.75, 3.05) is 6.54 Å². The number of nitrogens with zero attached hydrogens (tertiary/aromatic N) is 4. The molecule has 3 aromatic heterocycles. The summed E-state index contributed by atoms with van der Waals surface area (Å²) >= 11 is 0. The van der Waals surface area contributed by atoms with Crippen LogP contribution in [0.5, 0.6) is 0 Å². The molecule has 4 heterocycles. The zero-order chi connectivity index (χ0) is 22.1. The molecular formula is C26H25N5O. The Balaban J connectivity index is 1.32. The van der Waals surface area contributed by atoms with Crippen molar-refractivity contribution < 1.29 is 0 Å². The van der Waals surface area contributed by atoms with Gasteiger partial charge in [-0.2, -0.15) is 0 Å². The van der Waals surface area contributed by atoms with Gasteiger partial charge in [-0.15, -0.1) is 0 Å². The number of aromatic amines is 1. The highest BCUT2D eigenvalue weighted by Gasteiger charge is 2.21. The maximum absolute atomic E-state index is 12.8. The number of aryl methyl sites for hydroxylation is 1. The fourth-order valence-corrected chi connectivity index (χ4v) is 4.23. The first-order valence-corrected chi connectivity index (χ1v) is 10.8. The van der Waals surface area contributed by atoms with Crippen molar-refractivity contribution in [3.63, 3.8) is 0 Å². The number of rotatable bonds is 4. The third-order valence-corrected chi connectivity index (χ3v) is 6.21. The molecule has 0 aliphatic carbocycles. The van der Waals surface area contributed by atoms with Crippen LogP contribution in [0.4, 0.5) is 0 Å². The van der Waals surface area contributed by atoms with Crippen LogP contribution in [-0.4, -0.2) is 31.4 Å². The van der Waals surface area contributed by atoms with Gasteiger partial charge in [0.15, 0.2) is 0 Å². The summed E-state index contributed by atoms with van der Waals surface area (Å²) in [5, 5.41) is 0. The minimum atomic E-state index is -0.0603. The van der Waals surface area contributed by atoms with Gasteiger partial charge in [-0.3, -0.25) is 19.7 Å². The van der Waals surface area contributed by atoms with Gasteiger partial charge in [-0.05, 0) is 48.7 Å². The smallest absolute Gasteiger partial charge is 0.255 e. The molecule has 1 aliphatic rings. The van der Waals surface area contributed by atoms with E-state index in [1.165, 1.54) is 16.7 Å². The van der Waals surface area contributed by atoms with E-state index in [9.17, 15) is 4.79 Å². The molecule has 1 N–H and O–H groups in total. The van der Waals surface area contributed by atoms with E-state index in [-0.39, 0.29) is 5.56 Å². The van der Waals surface area contributed by atoms with E-state index in [0.717, 1.165) is 47.6 Å². The van der Waals surface area contributed by atoms with Crippen LogP contribution >= 0.6 is 0 Å². The quantitative estimate of drug-likeness (QED) is 0.536. The SMILES string of the molecule is Cc1cccc(-c2ccc(CN3CCc4nc(-c5ccncc5)[nH]c(=O)c4C3)cn2)c1C. The second kappa shape index (κ2) is 8.48. The molecule has 0 saturated carbocycles. The Bertz CT molecular complexity index is 1310. The molecule has 0 radical (unpaired) electrons. The molecule has 0 fully saturated rings. The second-order valence-electron chi connectivity index (χ2n) is 8.34. The molecule has 32 heavy (non-hydrogen) atoms. The molecule has 0 bridgehead atoms. The van der Waals surface area contributed by atoms with Crippen molar-refractivity contribution >= 4 is 0 Å². The molecule has 0 atom stereocenters. The second-order valence-corrected chi connectivity index (χ2v) is 8.34. The largest absolute Gasteiger partial charge is 0.306 e. The number of benzene rings is 1. The normalized spacial score (nSPS) is 13.7. The summed E-state index contributed by atoms with van der Waals surface area (Å²) in [6.45, 7) is 6.46. The first-order valence-electron chi connectivity index (χ1n) is 10.8. The summed E-state index contributed by atoms with van der Waals surface area (Å²) in [6.07, 6.45) is 6.11. The molecule has 160 valence electrons. The van der Waals surface area contributed by atoms with E-state index < -0.39 is 0 Å². The third-order valence-electron chi connectivity index (χ3n) is 6.21. The summed E-state index contributed by atoms with van der Waals surface area (Å²) in [5.41, 5.74) is 8.29. The van der Waals surface area contributed by atoms with E-state index >= 15 is 0 Å². The predicted molar refractivity (Wildman–Crippen MR) is 125 cm³/mol. The molecule has 6 heteroatoms. The fraction of sp³-hybridized carbons (Fsp3) is 0.231. The van der Waals surface area contributed by atoms with Crippen LogP contribution in [0.15, 0.2) is 65.8 Å². The summed E-state index contributed by atoms with van der Waals surface area (Å²) in [4.78, 5) is 31.4. The number of H-pyrrole nitrogens is 1. The number of pyridine rings is 2. The van der Waals surface area contributed by atoms with Crippen molar-refractivity contribution in [1.82, 2.24) is 24.8 Å². The number of hydrogen-bond donors (Lipinski definition) is 1. The van der Waals surface area contributed by atoms with Crippen LogP contribution in [0.2, 0.25) is 0 Å². The van der Waals surface area contributed by atoms with Crippen molar-refractivity contribution in [2.45, 2.75) is 33.4 Å². The molecule has 4 aromatic rings. The van der Waals surface area contributed by atoms with E-state index in [2.05, 4.69) is 59.0 Å². The lowest BCUT2D eigenvalue weighted by molar-refractivity contribution is 0.241. The zero-order valence-electron chi connectivity index (χ0n) is 18.3. The van der Waals surface area contributed by atoms with Gasteiger partial charge < -0.3 is 4.98 Å². The summed E-state index contributed by atoms with van der Waals surface area (Å²) in [6, 6.07) is 14.2. The number of hydrogen-bond acceptors (Lipinski definition) is 5. The van der Waals surface area contributed by atoms with Crippen molar-refractivity contribution in [2.24, 2.45) is 0 Å². The predicted octanol–water partition coefficient (Wildman–Crippen LogP) is 4.07. The third kappa shape index (κ3) is 3.97. The Kier molecular flexibility index (Phi) is 5.37. The molecule has 0 unspecified atom stereocenters. The van der Waals surface area contributed by atoms with Crippen LogP contribution in [0.3, 0.4) is 0 Å². The van der Waals surface area contributed by atoms with Crippen LogP contribution in [0.1, 0.15) is 27.9 Å². The van der Waals surface area contributed by atoms with Gasteiger partial charge in [-0.25, -0.2) is 4.98 Å². The lowest BCUT2D eigenvalue weighted by Gasteiger charge is -2.27. The summed E-state index contributed by atoms with van der Waals surface area (Å²) < 4.78 is 0. The lowest BCUT2D eigenvalue weighted by atomic mass is 10.0. The molecule has 1 aliphatic heterocycles. The molecule has 5 rings (SSSR count). The van der Waals surface area contributed by atoms with Crippen LogP contribution in [0, 0.1) is 13.8 Å². The molecular weight excluding hydrogens is 398 g/mol. The highest BCUT2D eigenvalue weighted by Crippen LogP contribution is 2.24. The Morgan fingerprint density at radius 1 is 1.06 bits per heavy atom. The van der Waals surface area contributed by atoms with Gasteiger partial charge in [0.25, 0.3) is 5.56 Å².